The first-order valence-electron chi connectivity index (χ1n) is 4.49. The Morgan fingerprint density at radius 3 is 2.56 bits per heavy atom. The van der Waals surface area contributed by atoms with E-state index in [4.69, 9.17) is 23.8 Å². The summed E-state index contributed by atoms with van der Waals surface area (Å²) in [4.78, 5) is 11.2. The van der Waals surface area contributed by atoms with Crippen molar-refractivity contribution < 1.29 is 9.53 Å². The molecule has 0 aliphatic heterocycles. The van der Waals surface area contributed by atoms with E-state index in [0.717, 1.165) is 5.56 Å². The van der Waals surface area contributed by atoms with Crippen LogP contribution in [0.25, 0.3) is 0 Å². The number of hydrogen-bond donors (Lipinski definition) is 2. The van der Waals surface area contributed by atoms with Crippen molar-refractivity contribution in [1.29, 1.82) is 0 Å². The molecule has 4 nitrogen and oxygen atoms in total. The van der Waals surface area contributed by atoms with E-state index >= 15 is 0 Å². The van der Waals surface area contributed by atoms with Crippen molar-refractivity contribution >= 4 is 34.9 Å². The van der Waals surface area contributed by atoms with Gasteiger partial charge in [0.15, 0.2) is 0 Å². The predicted molar refractivity (Wildman–Crippen MR) is 66.4 cm³/mol. The molecule has 86 valence electrons. The quantitative estimate of drug-likeness (QED) is 0.630. The fraction of sp³-hybridized carbons (Fsp3) is 0.200. The van der Waals surface area contributed by atoms with Gasteiger partial charge in [0.2, 0.25) is 0 Å². The van der Waals surface area contributed by atoms with Crippen LogP contribution in [0.1, 0.15) is 5.56 Å². The first-order chi connectivity index (χ1) is 7.61. The molecule has 0 aliphatic rings. The second-order valence-corrected chi connectivity index (χ2v) is 3.90. The summed E-state index contributed by atoms with van der Waals surface area (Å²) >= 11 is 10.8. The van der Waals surface area contributed by atoms with Gasteiger partial charge in [-0.2, -0.15) is 0 Å². The fourth-order valence-electron chi connectivity index (χ4n) is 1.00. The summed E-state index contributed by atoms with van der Waals surface area (Å²) < 4.78 is 4.38. The molecular formula is C10H11ClN2O2S. The van der Waals surface area contributed by atoms with E-state index in [1.54, 1.807) is 12.1 Å². The lowest BCUT2D eigenvalue weighted by atomic mass is 10.1. The Labute approximate surface area is 104 Å². The maximum absolute atomic E-state index is 10.7. The Hall–Kier alpha value is -1.33. The van der Waals surface area contributed by atoms with Crippen LogP contribution in [0.5, 0.6) is 0 Å². The smallest absolute Gasteiger partial charge is 0.425 e. The molecule has 6 heteroatoms. The summed E-state index contributed by atoms with van der Waals surface area (Å²) in [6.45, 7) is 0. The molecule has 0 radical (unpaired) electrons. The Bertz CT molecular complexity index is 381. The number of amides is 1. The number of halogens is 1. The van der Waals surface area contributed by atoms with Crippen molar-refractivity contribution in [3.05, 3.63) is 34.9 Å². The van der Waals surface area contributed by atoms with Crippen LogP contribution in [0.15, 0.2) is 24.3 Å². The van der Waals surface area contributed by atoms with Crippen LogP contribution in [0.2, 0.25) is 5.02 Å². The molecule has 1 aromatic carbocycles. The van der Waals surface area contributed by atoms with E-state index in [1.807, 2.05) is 12.1 Å². The maximum Gasteiger partial charge on any atom is 0.425 e. The molecule has 0 saturated carbocycles. The number of methoxy groups -OCH3 is 1. The van der Waals surface area contributed by atoms with Crippen LogP contribution in [0, 0.1) is 0 Å². The number of hydrazine groups is 1. The fourth-order valence-corrected chi connectivity index (χ4v) is 1.35. The van der Waals surface area contributed by atoms with Crippen LogP contribution in [-0.2, 0) is 11.2 Å². The molecule has 0 aliphatic carbocycles. The number of ether oxygens (including phenoxy) is 1. The molecule has 0 heterocycles. The van der Waals surface area contributed by atoms with Gasteiger partial charge in [0.1, 0.15) is 0 Å². The highest BCUT2D eigenvalue weighted by molar-refractivity contribution is 7.80. The van der Waals surface area contributed by atoms with E-state index in [9.17, 15) is 4.79 Å². The second kappa shape index (κ2) is 6.30. The lowest BCUT2D eigenvalue weighted by Gasteiger charge is -2.08. The zero-order chi connectivity index (χ0) is 12.0. The van der Waals surface area contributed by atoms with Gasteiger partial charge in [-0.1, -0.05) is 36.0 Å². The third kappa shape index (κ3) is 4.46. The minimum Gasteiger partial charge on any atom is -0.452 e. The molecule has 0 unspecified atom stereocenters. The Balaban J connectivity index is 2.40. The average Bonchev–Trinajstić information content (AvgIpc) is 2.29. The topological polar surface area (TPSA) is 50.4 Å². The molecule has 1 amide bonds. The number of carbonyl (C=O) groups is 1. The highest BCUT2D eigenvalue weighted by Gasteiger charge is 2.01. The van der Waals surface area contributed by atoms with Gasteiger partial charge in [0, 0.05) is 11.4 Å². The first-order valence-corrected chi connectivity index (χ1v) is 5.27. The van der Waals surface area contributed by atoms with Crippen molar-refractivity contribution in [2.24, 2.45) is 0 Å². The van der Waals surface area contributed by atoms with Gasteiger partial charge >= 0.3 is 6.09 Å². The number of benzene rings is 1. The van der Waals surface area contributed by atoms with Crippen molar-refractivity contribution in [2.75, 3.05) is 7.11 Å². The Morgan fingerprint density at radius 1 is 1.38 bits per heavy atom. The van der Waals surface area contributed by atoms with Gasteiger partial charge in [-0.15, -0.1) is 0 Å². The summed E-state index contributed by atoms with van der Waals surface area (Å²) in [6, 6.07) is 7.31. The van der Waals surface area contributed by atoms with E-state index in [-0.39, 0.29) is 0 Å². The second-order valence-electron chi connectivity index (χ2n) is 2.97. The summed E-state index contributed by atoms with van der Waals surface area (Å²) in [5, 5.41) is 0.676. The van der Waals surface area contributed by atoms with E-state index in [2.05, 4.69) is 15.6 Å². The van der Waals surface area contributed by atoms with E-state index in [1.165, 1.54) is 7.11 Å². The van der Waals surface area contributed by atoms with Crippen LogP contribution in [0.4, 0.5) is 4.79 Å². The Kier molecular flexibility index (Phi) is 5.01. The summed E-state index contributed by atoms with van der Waals surface area (Å²) in [7, 11) is 1.28. The molecule has 0 fully saturated rings. The highest BCUT2D eigenvalue weighted by atomic mass is 35.5. The van der Waals surface area contributed by atoms with Crippen LogP contribution < -0.4 is 10.9 Å². The molecule has 0 spiro atoms. The SMILES string of the molecule is COC(=O)NNC(=S)Cc1ccc(Cl)cc1. The number of hydrogen-bond acceptors (Lipinski definition) is 3. The van der Waals surface area contributed by atoms with Crippen LogP contribution >= 0.6 is 23.8 Å². The lowest BCUT2D eigenvalue weighted by Crippen LogP contribution is -2.41. The number of thiocarbonyl (C=S) groups is 1. The standard InChI is InChI=1S/C10H11ClN2O2S/c1-15-10(14)13-12-9(16)6-7-2-4-8(11)5-3-7/h2-5H,6H2,1H3,(H,12,16)(H,13,14). The monoisotopic (exact) mass is 258 g/mol. The molecule has 1 rings (SSSR count). The minimum atomic E-state index is -0.585. The van der Waals surface area contributed by atoms with E-state index < -0.39 is 6.09 Å². The maximum atomic E-state index is 10.7. The first kappa shape index (κ1) is 12.7. The molecule has 0 aromatic heterocycles. The van der Waals surface area contributed by atoms with Crippen LogP contribution in [0.3, 0.4) is 0 Å². The van der Waals surface area contributed by atoms with Crippen molar-refractivity contribution in [3.8, 4) is 0 Å². The molecular weight excluding hydrogens is 248 g/mol. The molecule has 2 N–H and O–H groups in total. The van der Waals surface area contributed by atoms with Crippen LogP contribution in [-0.4, -0.2) is 18.2 Å². The summed E-state index contributed by atoms with van der Waals surface area (Å²) in [5.41, 5.74) is 5.86. The number of nitrogens with one attached hydrogen (secondary N) is 2. The highest BCUT2D eigenvalue weighted by Crippen LogP contribution is 2.09. The molecule has 0 bridgehead atoms. The lowest BCUT2D eigenvalue weighted by molar-refractivity contribution is 0.169. The van der Waals surface area contributed by atoms with Gasteiger partial charge in [-0.3, -0.25) is 5.43 Å². The molecule has 1 aromatic rings. The van der Waals surface area contributed by atoms with Crippen molar-refractivity contribution in [3.63, 3.8) is 0 Å². The minimum absolute atomic E-state index is 0.493. The molecule has 0 saturated heterocycles. The zero-order valence-electron chi connectivity index (χ0n) is 8.62. The largest absolute Gasteiger partial charge is 0.452 e. The normalized spacial score (nSPS) is 9.38. The predicted octanol–water partition coefficient (Wildman–Crippen LogP) is 2.07. The number of carbonyl (C=O) groups excluding carboxylic acids is 1. The van der Waals surface area contributed by atoms with Crippen molar-refractivity contribution in [2.45, 2.75) is 6.42 Å². The zero-order valence-corrected chi connectivity index (χ0v) is 10.2. The summed E-state index contributed by atoms with van der Waals surface area (Å²) in [5.74, 6) is 0. The van der Waals surface area contributed by atoms with Gasteiger partial charge < -0.3 is 4.74 Å². The third-order valence-corrected chi connectivity index (χ3v) is 2.27. The molecule has 0 atom stereocenters. The average molecular weight is 259 g/mol. The van der Waals surface area contributed by atoms with Crippen molar-refractivity contribution in [1.82, 2.24) is 10.9 Å². The summed E-state index contributed by atoms with van der Waals surface area (Å²) in [6.07, 6.45) is -0.0605. The van der Waals surface area contributed by atoms with Gasteiger partial charge in [0.25, 0.3) is 0 Å². The van der Waals surface area contributed by atoms with Gasteiger partial charge in [-0.05, 0) is 17.7 Å². The number of rotatable bonds is 2. The van der Waals surface area contributed by atoms with Gasteiger partial charge in [0.05, 0.1) is 12.1 Å². The van der Waals surface area contributed by atoms with Gasteiger partial charge in [-0.25, -0.2) is 10.2 Å². The Morgan fingerprint density at radius 2 is 2.00 bits per heavy atom. The van der Waals surface area contributed by atoms with E-state index in [0.29, 0.717) is 16.4 Å². The molecule has 16 heavy (non-hydrogen) atoms. The third-order valence-electron chi connectivity index (χ3n) is 1.77.